The van der Waals surface area contributed by atoms with Crippen LogP contribution in [0.3, 0.4) is 0 Å². The molecular weight excluding hydrogens is 506 g/mol. The Morgan fingerprint density at radius 1 is 1.09 bits per heavy atom. The molecule has 1 N–H and O–H groups in total. The van der Waals surface area contributed by atoms with Gasteiger partial charge in [-0.1, -0.05) is 53.2 Å². The predicted octanol–water partition coefficient (Wildman–Crippen LogP) is 3.86. The first kappa shape index (κ1) is 26.9. The molecule has 2 aromatic rings. The lowest BCUT2D eigenvalue weighted by molar-refractivity contribution is -0.139. The number of nitrogens with one attached hydrogen (secondary N) is 1. The van der Waals surface area contributed by atoms with Crippen molar-refractivity contribution in [1.29, 1.82) is 0 Å². The molecule has 2 unspecified atom stereocenters. The van der Waals surface area contributed by atoms with Crippen LogP contribution in [0.4, 0.5) is 5.69 Å². The van der Waals surface area contributed by atoms with Gasteiger partial charge in [0.25, 0.3) is 0 Å². The minimum atomic E-state index is -3.75. The van der Waals surface area contributed by atoms with Crippen LogP contribution in [0.2, 0.25) is 0 Å². The molecule has 0 heterocycles. The van der Waals surface area contributed by atoms with E-state index < -0.39 is 28.5 Å². The number of hydrogen-bond donors (Lipinski definition) is 1. The first-order chi connectivity index (χ1) is 15.4. The molecule has 0 fully saturated rings. The molecule has 7 nitrogen and oxygen atoms in total. The van der Waals surface area contributed by atoms with Gasteiger partial charge in [0.05, 0.1) is 11.9 Å². The van der Waals surface area contributed by atoms with Gasteiger partial charge in [0.15, 0.2) is 0 Å². The molecular formula is C24H32BrN3O4S. The van der Waals surface area contributed by atoms with Crippen molar-refractivity contribution in [1.82, 2.24) is 10.2 Å². The van der Waals surface area contributed by atoms with Gasteiger partial charge in [0, 0.05) is 17.1 Å². The summed E-state index contributed by atoms with van der Waals surface area (Å²) in [4.78, 5) is 27.8. The molecule has 2 aromatic carbocycles. The van der Waals surface area contributed by atoms with Crippen molar-refractivity contribution >= 4 is 43.5 Å². The highest BCUT2D eigenvalue weighted by molar-refractivity contribution is 9.10. The van der Waals surface area contributed by atoms with Crippen LogP contribution in [0.15, 0.2) is 53.0 Å². The zero-order chi connectivity index (χ0) is 24.8. The summed E-state index contributed by atoms with van der Waals surface area (Å²) in [6.45, 7) is 7.24. The molecule has 0 aliphatic heterocycles. The summed E-state index contributed by atoms with van der Waals surface area (Å²) >= 11 is 3.35. The first-order valence-corrected chi connectivity index (χ1v) is 13.5. The molecule has 0 saturated heterocycles. The van der Waals surface area contributed by atoms with Crippen LogP contribution in [0, 0.1) is 6.92 Å². The zero-order valence-corrected chi connectivity index (χ0v) is 22.1. The number of carbonyl (C=O) groups excluding carboxylic acids is 2. The number of hydrogen-bond acceptors (Lipinski definition) is 4. The van der Waals surface area contributed by atoms with Gasteiger partial charge in [-0.05, 0) is 56.5 Å². The number of aryl methyl sites for hydroxylation is 1. The van der Waals surface area contributed by atoms with Crippen molar-refractivity contribution in [3.63, 3.8) is 0 Å². The highest BCUT2D eigenvalue weighted by Gasteiger charge is 2.30. The second kappa shape index (κ2) is 11.7. The number of anilines is 1. The fourth-order valence-corrected chi connectivity index (χ4v) is 4.49. The summed E-state index contributed by atoms with van der Waals surface area (Å²) in [5, 5.41) is 2.92. The molecule has 0 aliphatic carbocycles. The quantitative estimate of drug-likeness (QED) is 0.498. The molecule has 2 atom stereocenters. The number of halogens is 1. The largest absolute Gasteiger partial charge is 0.352 e. The van der Waals surface area contributed by atoms with E-state index >= 15 is 0 Å². The van der Waals surface area contributed by atoms with Crippen LogP contribution in [0.1, 0.15) is 38.3 Å². The number of rotatable bonds is 10. The summed E-state index contributed by atoms with van der Waals surface area (Å²) in [7, 11) is -3.75. The molecule has 180 valence electrons. The van der Waals surface area contributed by atoms with Gasteiger partial charge in [-0.2, -0.15) is 0 Å². The SMILES string of the molecule is CCC(C)NC(=O)C(C)N(Cc1ccccc1C)C(=O)CN(c1cccc(Br)c1)S(C)(=O)=O. The van der Waals surface area contributed by atoms with Crippen LogP contribution >= 0.6 is 15.9 Å². The number of carbonyl (C=O) groups is 2. The molecule has 0 aliphatic rings. The molecule has 0 radical (unpaired) electrons. The average Bonchev–Trinajstić information content (AvgIpc) is 2.75. The van der Waals surface area contributed by atoms with Crippen molar-refractivity contribution in [2.24, 2.45) is 0 Å². The van der Waals surface area contributed by atoms with Crippen molar-refractivity contribution in [2.45, 2.75) is 52.7 Å². The zero-order valence-electron chi connectivity index (χ0n) is 19.7. The summed E-state index contributed by atoms with van der Waals surface area (Å²) in [6, 6.07) is 13.5. The van der Waals surface area contributed by atoms with E-state index in [2.05, 4.69) is 21.2 Å². The van der Waals surface area contributed by atoms with E-state index in [1.807, 2.05) is 45.0 Å². The van der Waals surface area contributed by atoms with Crippen LogP contribution in [-0.2, 0) is 26.2 Å². The van der Waals surface area contributed by atoms with Crippen molar-refractivity contribution in [3.05, 3.63) is 64.1 Å². The van der Waals surface area contributed by atoms with Crippen molar-refractivity contribution < 1.29 is 18.0 Å². The Kier molecular flexibility index (Phi) is 9.48. The van der Waals surface area contributed by atoms with Crippen molar-refractivity contribution in [3.8, 4) is 0 Å². The molecule has 2 rings (SSSR count). The normalized spacial score (nSPS) is 13.2. The maximum atomic E-state index is 13.5. The second-order valence-corrected chi connectivity index (χ2v) is 11.0. The topological polar surface area (TPSA) is 86.8 Å². The maximum Gasteiger partial charge on any atom is 0.244 e. The Morgan fingerprint density at radius 3 is 2.33 bits per heavy atom. The Balaban J connectivity index is 2.40. The molecule has 2 amide bonds. The predicted molar refractivity (Wildman–Crippen MR) is 135 cm³/mol. The first-order valence-electron chi connectivity index (χ1n) is 10.8. The summed E-state index contributed by atoms with van der Waals surface area (Å²) < 4.78 is 26.9. The summed E-state index contributed by atoms with van der Waals surface area (Å²) in [5.74, 6) is -0.741. The van der Waals surface area contributed by atoms with E-state index in [1.54, 1.807) is 31.2 Å². The average molecular weight is 539 g/mol. The third-order valence-electron chi connectivity index (χ3n) is 5.55. The molecule has 0 bridgehead atoms. The molecule has 0 spiro atoms. The van der Waals surface area contributed by atoms with E-state index in [4.69, 9.17) is 0 Å². The monoisotopic (exact) mass is 537 g/mol. The van der Waals surface area contributed by atoms with Gasteiger partial charge in [-0.15, -0.1) is 0 Å². The lowest BCUT2D eigenvalue weighted by atomic mass is 10.1. The van der Waals surface area contributed by atoms with Crippen LogP contribution in [0.25, 0.3) is 0 Å². The fraction of sp³-hybridized carbons (Fsp3) is 0.417. The second-order valence-electron chi connectivity index (χ2n) is 8.19. The smallest absolute Gasteiger partial charge is 0.244 e. The lowest BCUT2D eigenvalue weighted by Gasteiger charge is -2.32. The highest BCUT2D eigenvalue weighted by Crippen LogP contribution is 2.23. The van der Waals surface area contributed by atoms with Crippen LogP contribution < -0.4 is 9.62 Å². The van der Waals surface area contributed by atoms with Crippen LogP contribution in [0.5, 0.6) is 0 Å². The van der Waals surface area contributed by atoms with Gasteiger partial charge in [0.1, 0.15) is 12.6 Å². The van der Waals surface area contributed by atoms with Crippen LogP contribution in [-0.4, -0.2) is 50.0 Å². The number of benzene rings is 2. The number of nitrogens with zero attached hydrogens (tertiary/aromatic N) is 2. The Bertz CT molecular complexity index is 1090. The van der Waals surface area contributed by atoms with Gasteiger partial charge in [-0.25, -0.2) is 8.42 Å². The van der Waals surface area contributed by atoms with E-state index in [9.17, 15) is 18.0 Å². The van der Waals surface area contributed by atoms with E-state index in [0.29, 0.717) is 10.2 Å². The highest BCUT2D eigenvalue weighted by atomic mass is 79.9. The Morgan fingerprint density at radius 2 is 1.76 bits per heavy atom. The van der Waals surface area contributed by atoms with E-state index in [0.717, 1.165) is 28.1 Å². The molecule has 0 saturated carbocycles. The number of sulfonamides is 1. The standard InChI is InChI=1S/C24H32BrN3O4S/c1-6-18(3)26-24(30)19(4)27(15-20-11-8-7-10-17(20)2)23(29)16-28(33(5,31)32)22-13-9-12-21(25)14-22/h7-14,18-19H,6,15-16H2,1-5H3,(H,26,30). The summed E-state index contributed by atoms with van der Waals surface area (Å²) in [5.41, 5.74) is 2.24. The third-order valence-corrected chi connectivity index (χ3v) is 7.18. The minimum absolute atomic E-state index is 0.0375. The maximum absolute atomic E-state index is 13.5. The molecule has 9 heteroatoms. The van der Waals surface area contributed by atoms with Gasteiger partial charge in [-0.3, -0.25) is 13.9 Å². The Hall–Kier alpha value is -2.39. The fourth-order valence-electron chi connectivity index (χ4n) is 3.26. The van der Waals surface area contributed by atoms with Gasteiger partial charge < -0.3 is 10.2 Å². The molecule has 33 heavy (non-hydrogen) atoms. The van der Waals surface area contributed by atoms with E-state index in [-0.39, 0.29) is 18.5 Å². The number of amides is 2. The minimum Gasteiger partial charge on any atom is -0.352 e. The lowest BCUT2D eigenvalue weighted by Crippen LogP contribution is -2.52. The van der Waals surface area contributed by atoms with E-state index in [1.165, 1.54) is 4.90 Å². The van der Waals surface area contributed by atoms with Gasteiger partial charge in [0.2, 0.25) is 21.8 Å². The molecule has 0 aromatic heterocycles. The van der Waals surface area contributed by atoms with Gasteiger partial charge >= 0.3 is 0 Å². The summed E-state index contributed by atoms with van der Waals surface area (Å²) in [6.07, 6.45) is 1.82. The Labute approximate surface area is 205 Å². The third kappa shape index (κ3) is 7.57. The van der Waals surface area contributed by atoms with Crippen molar-refractivity contribution in [2.75, 3.05) is 17.1 Å².